The molecule has 0 bridgehead atoms. The summed E-state index contributed by atoms with van der Waals surface area (Å²) in [5, 5.41) is 9.58. The lowest BCUT2D eigenvalue weighted by atomic mass is 10.0. The van der Waals surface area contributed by atoms with Gasteiger partial charge in [-0.3, -0.25) is 4.79 Å². The van der Waals surface area contributed by atoms with E-state index in [0.29, 0.717) is 0 Å². The molecule has 0 aliphatic heterocycles. The van der Waals surface area contributed by atoms with Gasteiger partial charge in [0.15, 0.2) is 5.78 Å². The first-order valence-electron chi connectivity index (χ1n) is 4.74. The second kappa shape index (κ2) is 4.74. The number of carbonyl (C=O) groups is 1. The summed E-state index contributed by atoms with van der Waals surface area (Å²) in [7, 11) is 0. The lowest BCUT2D eigenvalue weighted by Gasteiger charge is -2.11. The van der Waals surface area contributed by atoms with Crippen molar-refractivity contribution < 1.29 is 9.90 Å². The molecular formula is C13H14O2. The van der Waals surface area contributed by atoms with E-state index in [2.05, 4.69) is 5.73 Å². The van der Waals surface area contributed by atoms with E-state index in [9.17, 15) is 9.90 Å². The zero-order chi connectivity index (χ0) is 11.3. The van der Waals surface area contributed by atoms with Crippen LogP contribution in [0.1, 0.15) is 19.4 Å². The van der Waals surface area contributed by atoms with Crippen molar-refractivity contribution in [1.29, 1.82) is 0 Å². The van der Waals surface area contributed by atoms with Gasteiger partial charge in [-0.05, 0) is 31.6 Å². The zero-order valence-electron chi connectivity index (χ0n) is 8.90. The predicted molar refractivity (Wildman–Crippen MR) is 60.3 cm³/mol. The number of hydrogen-bond donors (Lipinski definition) is 1. The summed E-state index contributed by atoms with van der Waals surface area (Å²) >= 11 is 0. The van der Waals surface area contributed by atoms with Crippen LogP contribution in [0.2, 0.25) is 0 Å². The first-order valence-corrected chi connectivity index (χ1v) is 4.74. The number of benzene rings is 1. The second-order valence-electron chi connectivity index (χ2n) is 3.57. The summed E-state index contributed by atoms with van der Waals surface area (Å²) in [6.07, 6.45) is 3.08. The van der Waals surface area contributed by atoms with Crippen LogP contribution >= 0.6 is 0 Å². The Hall–Kier alpha value is -1.63. The minimum atomic E-state index is -1.43. The molecule has 0 saturated heterocycles. The van der Waals surface area contributed by atoms with Crippen LogP contribution in [0.5, 0.6) is 0 Å². The van der Waals surface area contributed by atoms with Gasteiger partial charge < -0.3 is 5.11 Å². The fourth-order valence-corrected chi connectivity index (χ4v) is 0.951. The highest BCUT2D eigenvalue weighted by Gasteiger charge is 2.21. The third kappa shape index (κ3) is 3.55. The van der Waals surface area contributed by atoms with Crippen LogP contribution in [0.3, 0.4) is 0 Å². The molecular weight excluding hydrogens is 188 g/mol. The summed E-state index contributed by atoms with van der Waals surface area (Å²) < 4.78 is 0. The SMILES string of the molecule is CC(=O)[C@](C)(O)C=C=Cc1ccccc1. The fraction of sp³-hybridized carbons (Fsp3) is 0.231. The van der Waals surface area contributed by atoms with Crippen molar-refractivity contribution in [2.75, 3.05) is 0 Å². The molecule has 1 aromatic rings. The lowest BCUT2D eigenvalue weighted by Crippen LogP contribution is -2.29. The highest BCUT2D eigenvalue weighted by atomic mass is 16.3. The first kappa shape index (κ1) is 11.4. The molecule has 1 atom stereocenters. The summed E-state index contributed by atoms with van der Waals surface area (Å²) in [5.74, 6) is -0.295. The Morgan fingerprint density at radius 3 is 2.53 bits per heavy atom. The van der Waals surface area contributed by atoms with Gasteiger partial charge in [0.05, 0.1) is 0 Å². The first-order chi connectivity index (χ1) is 7.02. The molecule has 0 unspecified atom stereocenters. The van der Waals surface area contributed by atoms with Gasteiger partial charge in [-0.15, -0.1) is 5.73 Å². The quantitative estimate of drug-likeness (QED) is 0.763. The molecule has 0 aromatic heterocycles. The third-order valence-electron chi connectivity index (χ3n) is 2.13. The summed E-state index contributed by atoms with van der Waals surface area (Å²) in [6.45, 7) is 2.79. The molecule has 0 amide bonds. The monoisotopic (exact) mass is 202 g/mol. The Morgan fingerprint density at radius 2 is 2.00 bits per heavy atom. The predicted octanol–water partition coefficient (Wildman–Crippen LogP) is 2.19. The van der Waals surface area contributed by atoms with Crippen molar-refractivity contribution in [3.8, 4) is 0 Å². The summed E-state index contributed by atoms with van der Waals surface area (Å²) in [5.41, 5.74) is 2.36. The topological polar surface area (TPSA) is 37.3 Å². The summed E-state index contributed by atoms with van der Waals surface area (Å²) in [6, 6.07) is 9.59. The van der Waals surface area contributed by atoms with Gasteiger partial charge in [-0.25, -0.2) is 0 Å². The summed E-state index contributed by atoms with van der Waals surface area (Å²) in [4.78, 5) is 11.0. The Bertz CT molecular complexity index is 396. The van der Waals surface area contributed by atoms with Crippen LogP contribution in [0.4, 0.5) is 0 Å². The Morgan fingerprint density at radius 1 is 1.40 bits per heavy atom. The number of hydrogen-bond acceptors (Lipinski definition) is 2. The molecule has 0 saturated carbocycles. The standard InChI is InChI=1S/C13H14O2/c1-11(14)13(2,15)10-6-9-12-7-4-3-5-8-12/h3-5,7-10,15H,1-2H3/t6?,13-/m1/s1. The zero-order valence-corrected chi connectivity index (χ0v) is 8.90. The molecule has 0 fully saturated rings. The highest BCUT2D eigenvalue weighted by Crippen LogP contribution is 2.06. The van der Waals surface area contributed by atoms with Crippen molar-refractivity contribution in [3.63, 3.8) is 0 Å². The number of ketones is 1. The average molecular weight is 202 g/mol. The molecule has 0 spiro atoms. The van der Waals surface area contributed by atoms with Gasteiger partial charge >= 0.3 is 0 Å². The smallest absolute Gasteiger partial charge is 0.165 e. The third-order valence-corrected chi connectivity index (χ3v) is 2.13. The van der Waals surface area contributed by atoms with Gasteiger partial charge in [0, 0.05) is 0 Å². The second-order valence-corrected chi connectivity index (χ2v) is 3.57. The van der Waals surface area contributed by atoms with Crippen LogP contribution in [0, 0.1) is 0 Å². The molecule has 0 aliphatic rings. The van der Waals surface area contributed by atoms with Crippen molar-refractivity contribution in [2.45, 2.75) is 19.4 Å². The van der Waals surface area contributed by atoms with Crippen LogP contribution in [-0.2, 0) is 4.79 Å². The number of rotatable bonds is 3. The minimum Gasteiger partial charge on any atom is -0.378 e. The normalized spacial score (nSPS) is 13.5. The van der Waals surface area contributed by atoms with Gasteiger partial charge in [-0.1, -0.05) is 30.3 Å². The van der Waals surface area contributed by atoms with Crippen molar-refractivity contribution in [3.05, 3.63) is 47.7 Å². The van der Waals surface area contributed by atoms with E-state index in [-0.39, 0.29) is 5.78 Å². The molecule has 0 aliphatic carbocycles. The Balaban J connectivity index is 2.82. The molecule has 1 aromatic carbocycles. The number of Topliss-reactive ketones (excluding diaryl/α,β-unsaturated/α-hetero) is 1. The van der Waals surface area contributed by atoms with Gasteiger partial charge in [0.1, 0.15) is 5.60 Å². The maximum Gasteiger partial charge on any atom is 0.165 e. The van der Waals surface area contributed by atoms with Crippen molar-refractivity contribution >= 4 is 11.9 Å². The van der Waals surface area contributed by atoms with Crippen LogP contribution in [0.25, 0.3) is 6.08 Å². The number of carbonyl (C=O) groups excluding carboxylic acids is 1. The Labute approximate surface area is 89.6 Å². The fourth-order valence-electron chi connectivity index (χ4n) is 0.951. The molecule has 15 heavy (non-hydrogen) atoms. The molecule has 1 rings (SSSR count). The van der Waals surface area contributed by atoms with Gasteiger partial charge in [-0.2, -0.15) is 0 Å². The van der Waals surface area contributed by atoms with E-state index in [1.807, 2.05) is 30.3 Å². The maximum absolute atomic E-state index is 11.0. The molecule has 0 radical (unpaired) electrons. The van der Waals surface area contributed by atoms with Crippen LogP contribution in [-0.4, -0.2) is 16.5 Å². The molecule has 2 heteroatoms. The van der Waals surface area contributed by atoms with E-state index >= 15 is 0 Å². The average Bonchev–Trinajstić information content (AvgIpc) is 2.19. The van der Waals surface area contributed by atoms with E-state index in [4.69, 9.17) is 0 Å². The van der Waals surface area contributed by atoms with Gasteiger partial charge in [0.2, 0.25) is 0 Å². The largest absolute Gasteiger partial charge is 0.378 e. The van der Waals surface area contributed by atoms with E-state index in [0.717, 1.165) is 5.56 Å². The van der Waals surface area contributed by atoms with Crippen molar-refractivity contribution in [1.82, 2.24) is 0 Å². The molecule has 1 N–H and O–H groups in total. The van der Waals surface area contributed by atoms with E-state index < -0.39 is 5.60 Å². The molecule has 0 heterocycles. The van der Waals surface area contributed by atoms with E-state index in [1.54, 1.807) is 6.08 Å². The lowest BCUT2D eigenvalue weighted by molar-refractivity contribution is -0.129. The minimum absolute atomic E-state index is 0.295. The van der Waals surface area contributed by atoms with Gasteiger partial charge in [0.25, 0.3) is 0 Å². The molecule has 78 valence electrons. The van der Waals surface area contributed by atoms with Crippen LogP contribution in [0.15, 0.2) is 42.1 Å². The van der Waals surface area contributed by atoms with E-state index in [1.165, 1.54) is 19.9 Å². The highest BCUT2D eigenvalue weighted by molar-refractivity contribution is 5.86. The molecule has 2 nitrogen and oxygen atoms in total. The van der Waals surface area contributed by atoms with Crippen molar-refractivity contribution in [2.24, 2.45) is 0 Å². The maximum atomic E-state index is 11.0. The number of aliphatic hydroxyl groups is 1. The Kier molecular flexibility index (Phi) is 3.62. The van der Waals surface area contributed by atoms with Crippen LogP contribution < -0.4 is 0 Å².